The molecule has 0 unspecified atom stereocenters. The van der Waals surface area contributed by atoms with Gasteiger partial charge in [-0.3, -0.25) is 9.59 Å². The molecule has 1 aromatic heterocycles. The van der Waals surface area contributed by atoms with Crippen LogP contribution in [0.5, 0.6) is 0 Å². The number of halogens is 1. The van der Waals surface area contributed by atoms with Crippen molar-refractivity contribution in [2.75, 3.05) is 10.2 Å². The van der Waals surface area contributed by atoms with Crippen LogP contribution in [0.3, 0.4) is 0 Å². The van der Waals surface area contributed by atoms with Crippen molar-refractivity contribution in [3.05, 3.63) is 99.3 Å². The Balaban J connectivity index is 1.64. The summed E-state index contributed by atoms with van der Waals surface area (Å²) in [4.78, 5) is 28.9. The van der Waals surface area contributed by atoms with Gasteiger partial charge in [-0.05, 0) is 47.5 Å². The van der Waals surface area contributed by atoms with Gasteiger partial charge in [0.1, 0.15) is 5.70 Å². The van der Waals surface area contributed by atoms with Crippen molar-refractivity contribution in [2.45, 2.75) is 6.92 Å². The predicted octanol–water partition coefficient (Wildman–Crippen LogP) is 6.26. The molecular weight excluding hydrogens is 428 g/mol. The van der Waals surface area contributed by atoms with Crippen LogP contribution in [-0.2, 0) is 9.59 Å². The molecule has 6 heteroatoms. The third-order valence-electron chi connectivity index (χ3n) is 5.31. The molecule has 0 atom stereocenters. The summed E-state index contributed by atoms with van der Waals surface area (Å²) in [5.74, 6) is -0.767. The van der Waals surface area contributed by atoms with Crippen LogP contribution in [0.15, 0.2) is 83.9 Å². The van der Waals surface area contributed by atoms with Crippen LogP contribution in [-0.4, -0.2) is 11.8 Å². The van der Waals surface area contributed by atoms with Crippen LogP contribution in [0.4, 0.5) is 11.4 Å². The molecule has 4 aromatic rings. The molecule has 0 spiro atoms. The number of aryl methyl sites for hydroxylation is 1. The van der Waals surface area contributed by atoms with Crippen molar-refractivity contribution in [3.8, 4) is 0 Å². The number of rotatable bonds is 4. The zero-order valence-corrected chi connectivity index (χ0v) is 18.1. The van der Waals surface area contributed by atoms with Gasteiger partial charge < -0.3 is 5.32 Å². The number of hydrogen-bond donors (Lipinski definition) is 1. The maximum absolute atomic E-state index is 13.5. The van der Waals surface area contributed by atoms with E-state index < -0.39 is 5.91 Å². The standard InChI is InChI=1S/C25H17ClN2O2S/c1-15-11-12-17(14-19(15)26)28-24(29)22(21-10-5-13-31-21)23(25(28)30)27-20-9-4-7-16-6-2-3-8-18(16)20/h2-14,27H,1H3. The highest BCUT2D eigenvalue weighted by Crippen LogP contribution is 2.37. The van der Waals surface area contributed by atoms with E-state index >= 15 is 0 Å². The lowest BCUT2D eigenvalue weighted by atomic mass is 10.1. The molecule has 3 aromatic carbocycles. The molecule has 0 bridgehead atoms. The van der Waals surface area contributed by atoms with Gasteiger partial charge in [0.05, 0.1) is 11.3 Å². The number of fused-ring (bicyclic) bond motifs is 1. The number of imide groups is 1. The molecule has 0 aliphatic carbocycles. The zero-order valence-electron chi connectivity index (χ0n) is 16.6. The lowest BCUT2D eigenvalue weighted by molar-refractivity contribution is -0.120. The average Bonchev–Trinajstić information content (AvgIpc) is 3.37. The molecule has 0 saturated carbocycles. The molecule has 5 rings (SSSR count). The molecule has 1 aliphatic rings. The number of hydrogen-bond acceptors (Lipinski definition) is 4. The SMILES string of the molecule is Cc1ccc(N2C(=O)C(Nc3cccc4ccccc34)=C(c3cccs3)C2=O)cc1Cl. The van der Waals surface area contributed by atoms with Crippen molar-refractivity contribution in [3.63, 3.8) is 0 Å². The topological polar surface area (TPSA) is 49.4 Å². The van der Waals surface area contributed by atoms with Crippen molar-refractivity contribution in [1.82, 2.24) is 0 Å². The van der Waals surface area contributed by atoms with E-state index in [9.17, 15) is 9.59 Å². The van der Waals surface area contributed by atoms with Crippen LogP contribution in [0, 0.1) is 6.92 Å². The highest BCUT2D eigenvalue weighted by Gasteiger charge is 2.41. The third kappa shape index (κ3) is 3.32. The second-order valence-electron chi connectivity index (χ2n) is 7.26. The van der Waals surface area contributed by atoms with Gasteiger partial charge in [0, 0.05) is 21.0 Å². The Hall–Kier alpha value is -3.41. The largest absolute Gasteiger partial charge is 0.350 e. The number of carbonyl (C=O) groups excluding carboxylic acids is 2. The van der Waals surface area contributed by atoms with Crippen LogP contribution in [0.2, 0.25) is 5.02 Å². The van der Waals surface area contributed by atoms with Gasteiger partial charge in [0.25, 0.3) is 11.8 Å². The van der Waals surface area contributed by atoms with Crippen molar-refractivity contribution in [2.24, 2.45) is 0 Å². The number of anilines is 2. The lowest BCUT2D eigenvalue weighted by Gasteiger charge is -2.16. The van der Waals surface area contributed by atoms with Gasteiger partial charge in [-0.1, -0.05) is 60.1 Å². The number of nitrogens with zero attached hydrogens (tertiary/aromatic N) is 1. The molecule has 2 amide bonds. The molecule has 4 nitrogen and oxygen atoms in total. The first kappa shape index (κ1) is 19.5. The van der Waals surface area contributed by atoms with Gasteiger partial charge in [-0.2, -0.15) is 0 Å². The first-order valence-corrected chi connectivity index (χ1v) is 11.0. The zero-order chi connectivity index (χ0) is 21.5. The van der Waals surface area contributed by atoms with E-state index in [2.05, 4.69) is 5.32 Å². The summed E-state index contributed by atoms with van der Waals surface area (Å²) in [5, 5.41) is 7.68. The van der Waals surface area contributed by atoms with Crippen LogP contribution >= 0.6 is 22.9 Å². The van der Waals surface area contributed by atoms with Crippen LogP contribution in [0.1, 0.15) is 10.4 Å². The van der Waals surface area contributed by atoms with E-state index in [-0.39, 0.29) is 11.6 Å². The summed E-state index contributed by atoms with van der Waals surface area (Å²) < 4.78 is 0. The van der Waals surface area contributed by atoms with Crippen molar-refractivity contribution >= 4 is 62.5 Å². The summed E-state index contributed by atoms with van der Waals surface area (Å²) >= 11 is 7.70. The molecule has 0 fully saturated rings. The summed E-state index contributed by atoms with van der Waals surface area (Å²) in [7, 11) is 0. The number of amides is 2. The third-order valence-corrected chi connectivity index (χ3v) is 6.61. The minimum Gasteiger partial charge on any atom is -0.350 e. The molecule has 1 N–H and O–H groups in total. The van der Waals surface area contributed by atoms with E-state index in [0.29, 0.717) is 16.3 Å². The fourth-order valence-electron chi connectivity index (χ4n) is 3.72. The number of benzene rings is 3. The molecule has 31 heavy (non-hydrogen) atoms. The monoisotopic (exact) mass is 444 g/mol. The average molecular weight is 445 g/mol. The Morgan fingerprint density at radius 1 is 0.903 bits per heavy atom. The maximum Gasteiger partial charge on any atom is 0.282 e. The Bertz CT molecular complexity index is 1370. The Morgan fingerprint density at radius 3 is 2.48 bits per heavy atom. The van der Waals surface area contributed by atoms with Gasteiger partial charge in [0.15, 0.2) is 0 Å². The molecule has 152 valence electrons. The fraction of sp³-hybridized carbons (Fsp3) is 0.0400. The van der Waals surface area contributed by atoms with Crippen LogP contribution < -0.4 is 10.2 Å². The van der Waals surface area contributed by atoms with Gasteiger partial charge in [-0.15, -0.1) is 11.3 Å². The van der Waals surface area contributed by atoms with Crippen LogP contribution in [0.25, 0.3) is 16.3 Å². The summed E-state index contributed by atoms with van der Waals surface area (Å²) in [5.41, 5.74) is 2.73. The summed E-state index contributed by atoms with van der Waals surface area (Å²) in [6, 6.07) is 22.7. The van der Waals surface area contributed by atoms with Crippen molar-refractivity contribution in [1.29, 1.82) is 0 Å². The Kier molecular flexibility index (Phi) is 4.85. The van der Waals surface area contributed by atoms with Crippen molar-refractivity contribution < 1.29 is 9.59 Å². The van der Waals surface area contributed by atoms with E-state index in [1.54, 1.807) is 18.2 Å². The molecule has 0 radical (unpaired) electrons. The Labute approximate surface area is 188 Å². The van der Waals surface area contributed by atoms with E-state index in [0.717, 1.165) is 26.9 Å². The first-order valence-electron chi connectivity index (χ1n) is 9.72. The smallest absolute Gasteiger partial charge is 0.282 e. The molecular formula is C25H17ClN2O2S. The van der Waals surface area contributed by atoms with Gasteiger partial charge in [-0.25, -0.2) is 4.90 Å². The van der Waals surface area contributed by atoms with E-state index in [1.165, 1.54) is 16.2 Å². The Morgan fingerprint density at radius 2 is 1.71 bits per heavy atom. The van der Waals surface area contributed by atoms with Gasteiger partial charge >= 0.3 is 0 Å². The molecule has 1 aliphatic heterocycles. The number of nitrogens with one attached hydrogen (secondary N) is 1. The predicted molar refractivity (Wildman–Crippen MR) is 127 cm³/mol. The lowest BCUT2D eigenvalue weighted by Crippen LogP contribution is -2.32. The van der Waals surface area contributed by atoms with E-state index in [4.69, 9.17) is 11.6 Å². The summed E-state index contributed by atoms with van der Waals surface area (Å²) in [6.45, 7) is 1.88. The normalized spacial score (nSPS) is 14.1. The van der Waals surface area contributed by atoms with E-state index in [1.807, 2.05) is 66.9 Å². The minimum atomic E-state index is -0.402. The quantitative estimate of drug-likeness (QED) is 0.378. The van der Waals surface area contributed by atoms with Gasteiger partial charge in [0.2, 0.25) is 0 Å². The fourth-order valence-corrected chi connectivity index (χ4v) is 4.66. The highest BCUT2D eigenvalue weighted by molar-refractivity contribution is 7.11. The number of carbonyl (C=O) groups is 2. The second-order valence-corrected chi connectivity index (χ2v) is 8.61. The molecule has 0 saturated heterocycles. The minimum absolute atomic E-state index is 0.264. The first-order chi connectivity index (χ1) is 15.0. The number of thiophene rings is 1. The second kappa shape index (κ2) is 7.69. The molecule has 2 heterocycles. The maximum atomic E-state index is 13.5. The summed E-state index contributed by atoms with van der Waals surface area (Å²) in [6.07, 6.45) is 0. The highest BCUT2D eigenvalue weighted by atomic mass is 35.5.